The van der Waals surface area contributed by atoms with Crippen LogP contribution in [-0.4, -0.2) is 34.0 Å². The number of nitrogens with one attached hydrogen (secondary N) is 1. The summed E-state index contributed by atoms with van der Waals surface area (Å²) in [6, 6.07) is 12.3. The SMILES string of the molecule is N#Cc1cccc(CN2CCC(Nc3cc(Cl)nc(C4CC4)n3)CC2)c1. The summed E-state index contributed by atoms with van der Waals surface area (Å²) >= 11 is 6.16. The van der Waals surface area contributed by atoms with Gasteiger partial charge in [0.1, 0.15) is 16.8 Å². The quantitative estimate of drug-likeness (QED) is 0.810. The van der Waals surface area contributed by atoms with Crippen LogP contribution in [0.25, 0.3) is 0 Å². The fourth-order valence-corrected chi connectivity index (χ4v) is 3.67. The Bertz CT molecular complexity index is 819. The summed E-state index contributed by atoms with van der Waals surface area (Å²) in [4.78, 5) is 11.4. The van der Waals surface area contributed by atoms with E-state index in [9.17, 15) is 0 Å². The number of nitriles is 1. The standard InChI is InChI=1S/C20H22ClN5/c21-18-11-19(25-20(24-18)16-4-5-16)23-17-6-8-26(9-7-17)13-15-3-1-2-14(10-15)12-22/h1-3,10-11,16-17H,4-9,13H2,(H,23,24,25). The van der Waals surface area contributed by atoms with Crippen LogP contribution < -0.4 is 5.32 Å². The van der Waals surface area contributed by atoms with Crippen LogP contribution in [0.5, 0.6) is 0 Å². The lowest BCUT2D eigenvalue weighted by atomic mass is 10.0. The van der Waals surface area contributed by atoms with E-state index in [1.165, 1.54) is 18.4 Å². The average Bonchev–Trinajstić information content (AvgIpc) is 3.48. The van der Waals surface area contributed by atoms with Gasteiger partial charge in [-0.1, -0.05) is 23.7 Å². The topological polar surface area (TPSA) is 64.8 Å². The van der Waals surface area contributed by atoms with Crippen LogP contribution in [0.15, 0.2) is 30.3 Å². The second-order valence-electron chi connectivity index (χ2n) is 7.22. The Morgan fingerprint density at radius 1 is 1.15 bits per heavy atom. The van der Waals surface area contributed by atoms with Gasteiger partial charge in [-0.25, -0.2) is 9.97 Å². The molecular formula is C20H22ClN5. The Morgan fingerprint density at radius 2 is 1.96 bits per heavy atom. The lowest BCUT2D eigenvalue weighted by molar-refractivity contribution is 0.211. The predicted molar refractivity (Wildman–Crippen MR) is 102 cm³/mol. The van der Waals surface area contributed by atoms with Crippen molar-refractivity contribution < 1.29 is 0 Å². The Balaban J connectivity index is 1.32. The summed E-state index contributed by atoms with van der Waals surface area (Å²) in [7, 11) is 0. The van der Waals surface area contributed by atoms with E-state index < -0.39 is 0 Å². The van der Waals surface area contributed by atoms with Crippen molar-refractivity contribution in [3.8, 4) is 6.07 Å². The number of benzene rings is 1. The molecule has 2 aromatic rings. The molecule has 6 heteroatoms. The largest absolute Gasteiger partial charge is 0.367 e. The normalized spacial score (nSPS) is 18.5. The van der Waals surface area contributed by atoms with E-state index in [0.29, 0.717) is 17.1 Å². The average molecular weight is 368 g/mol. The smallest absolute Gasteiger partial charge is 0.135 e. The maximum atomic E-state index is 9.03. The monoisotopic (exact) mass is 367 g/mol. The maximum Gasteiger partial charge on any atom is 0.135 e. The fourth-order valence-electron chi connectivity index (χ4n) is 3.48. The molecule has 0 radical (unpaired) electrons. The van der Waals surface area contributed by atoms with Gasteiger partial charge in [-0.05, 0) is 43.4 Å². The second-order valence-corrected chi connectivity index (χ2v) is 7.60. The molecule has 4 rings (SSSR count). The van der Waals surface area contributed by atoms with Crippen molar-refractivity contribution in [3.63, 3.8) is 0 Å². The number of nitrogens with zero attached hydrogens (tertiary/aromatic N) is 4. The highest BCUT2D eigenvalue weighted by Gasteiger charge is 2.27. The number of halogens is 1. The van der Waals surface area contributed by atoms with Gasteiger partial charge in [0.2, 0.25) is 0 Å². The Labute approximate surface area is 159 Å². The lowest BCUT2D eigenvalue weighted by Gasteiger charge is -2.32. The number of aromatic nitrogens is 2. The second kappa shape index (κ2) is 7.61. The first-order valence-corrected chi connectivity index (χ1v) is 9.60. The highest BCUT2D eigenvalue weighted by atomic mass is 35.5. The molecule has 1 aromatic carbocycles. The zero-order valence-corrected chi connectivity index (χ0v) is 15.4. The third-order valence-electron chi connectivity index (χ3n) is 5.06. The number of piperidine rings is 1. The van der Waals surface area contributed by atoms with Crippen LogP contribution in [-0.2, 0) is 6.54 Å². The molecule has 1 saturated carbocycles. The van der Waals surface area contributed by atoms with Crippen molar-refractivity contribution in [2.24, 2.45) is 0 Å². The minimum absolute atomic E-state index is 0.412. The molecule has 2 aliphatic rings. The van der Waals surface area contributed by atoms with Gasteiger partial charge in [-0.15, -0.1) is 0 Å². The number of likely N-dealkylation sites (tertiary alicyclic amines) is 1. The molecule has 1 aromatic heterocycles. The molecule has 1 saturated heterocycles. The molecule has 0 atom stereocenters. The first-order valence-electron chi connectivity index (χ1n) is 9.22. The van der Waals surface area contributed by atoms with E-state index in [1.807, 2.05) is 24.3 Å². The molecule has 2 heterocycles. The molecule has 26 heavy (non-hydrogen) atoms. The third kappa shape index (κ3) is 4.32. The molecule has 1 aliphatic heterocycles. The molecule has 0 amide bonds. The van der Waals surface area contributed by atoms with Crippen LogP contribution >= 0.6 is 11.6 Å². The molecule has 0 spiro atoms. The van der Waals surface area contributed by atoms with E-state index in [2.05, 4.69) is 32.3 Å². The molecule has 134 valence electrons. The van der Waals surface area contributed by atoms with Crippen LogP contribution in [0.4, 0.5) is 5.82 Å². The summed E-state index contributed by atoms with van der Waals surface area (Å²) < 4.78 is 0. The highest BCUT2D eigenvalue weighted by Crippen LogP contribution is 2.38. The van der Waals surface area contributed by atoms with Crippen LogP contribution in [0.3, 0.4) is 0 Å². The minimum atomic E-state index is 0.412. The fraction of sp³-hybridized carbons (Fsp3) is 0.450. The van der Waals surface area contributed by atoms with Crippen LogP contribution in [0, 0.1) is 11.3 Å². The molecule has 1 aliphatic carbocycles. The van der Waals surface area contributed by atoms with Crippen molar-refractivity contribution in [2.75, 3.05) is 18.4 Å². The van der Waals surface area contributed by atoms with Crippen molar-refractivity contribution >= 4 is 17.4 Å². The molecule has 5 nitrogen and oxygen atoms in total. The van der Waals surface area contributed by atoms with E-state index in [1.54, 1.807) is 0 Å². The molecule has 0 unspecified atom stereocenters. The van der Waals surface area contributed by atoms with Gasteiger partial charge in [0, 0.05) is 37.7 Å². The first kappa shape index (κ1) is 17.3. The summed E-state index contributed by atoms with van der Waals surface area (Å²) in [5.41, 5.74) is 1.93. The molecule has 2 fully saturated rings. The predicted octanol–water partition coefficient (Wildman–Crippen LogP) is 3.96. The Kier molecular flexibility index (Phi) is 5.05. The van der Waals surface area contributed by atoms with Crippen molar-refractivity contribution in [1.82, 2.24) is 14.9 Å². The van der Waals surface area contributed by atoms with Gasteiger partial charge in [0.25, 0.3) is 0 Å². The summed E-state index contributed by atoms with van der Waals surface area (Å²) in [5, 5.41) is 13.1. The van der Waals surface area contributed by atoms with Gasteiger partial charge in [0.15, 0.2) is 0 Å². The number of rotatable bonds is 5. The van der Waals surface area contributed by atoms with Gasteiger partial charge in [-0.2, -0.15) is 5.26 Å². The highest BCUT2D eigenvalue weighted by molar-refractivity contribution is 6.29. The zero-order valence-electron chi connectivity index (χ0n) is 14.7. The van der Waals surface area contributed by atoms with E-state index in [4.69, 9.17) is 16.9 Å². The van der Waals surface area contributed by atoms with Crippen molar-refractivity contribution in [1.29, 1.82) is 5.26 Å². The van der Waals surface area contributed by atoms with Gasteiger partial charge < -0.3 is 5.32 Å². The first-order chi connectivity index (χ1) is 12.7. The molecule has 1 N–H and O–H groups in total. The van der Waals surface area contributed by atoms with Crippen molar-refractivity contribution in [3.05, 3.63) is 52.4 Å². The van der Waals surface area contributed by atoms with E-state index in [0.717, 1.165) is 49.7 Å². The Morgan fingerprint density at radius 3 is 2.69 bits per heavy atom. The zero-order chi connectivity index (χ0) is 17.9. The van der Waals surface area contributed by atoms with Gasteiger partial charge >= 0.3 is 0 Å². The van der Waals surface area contributed by atoms with Crippen LogP contribution in [0.2, 0.25) is 5.15 Å². The lowest BCUT2D eigenvalue weighted by Crippen LogP contribution is -2.38. The molecule has 0 bridgehead atoms. The maximum absolute atomic E-state index is 9.03. The number of hydrogen-bond acceptors (Lipinski definition) is 5. The van der Waals surface area contributed by atoms with Gasteiger partial charge in [-0.3, -0.25) is 4.90 Å². The van der Waals surface area contributed by atoms with E-state index in [-0.39, 0.29) is 0 Å². The minimum Gasteiger partial charge on any atom is -0.367 e. The Hall–Kier alpha value is -2.16. The molecular weight excluding hydrogens is 346 g/mol. The summed E-state index contributed by atoms with van der Waals surface area (Å²) in [6.45, 7) is 2.96. The number of hydrogen-bond donors (Lipinski definition) is 1. The summed E-state index contributed by atoms with van der Waals surface area (Å²) in [6.07, 6.45) is 4.48. The third-order valence-corrected chi connectivity index (χ3v) is 5.25. The van der Waals surface area contributed by atoms with Crippen molar-refractivity contribution in [2.45, 2.75) is 44.2 Å². The van der Waals surface area contributed by atoms with Crippen LogP contribution in [0.1, 0.15) is 48.6 Å². The van der Waals surface area contributed by atoms with E-state index >= 15 is 0 Å². The number of anilines is 1. The van der Waals surface area contributed by atoms with Gasteiger partial charge in [0.05, 0.1) is 11.6 Å². The summed E-state index contributed by atoms with van der Waals surface area (Å²) in [5.74, 6) is 2.24.